The van der Waals surface area contributed by atoms with Crippen molar-refractivity contribution >= 4 is 33.3 Å². The van der Waals surface area contributed by atoms with Gasteiger partial charge < -0.3 is 10.6 Å². The molecule has 0 spiro atoms. The Hall–Kier alpha value is -1.95. The second-order valence-electron chi connectivity index (χ2n) is 5.16. The number of benzene rings is 1. The van der Waals surface area contributed by atoms with Crippen LogP contribution in [0.25, 0.3) is 0 Å². The SMILES string of the molecule is CCC(C)Nc1cnc(C(=O)Nc2ccc(C)c(Br)c2)cn1. The van der Waals surface area contributed by atoms with Gasteiger partial charge in [-0.1, -0.05) is 28.9 Å². The van der Waals surface area contributed by atoms with Gasteiger partial charge in [-0.2, -0.15) is 0 Å². The number of nitrogens with zero attached hydrogens (tertiary/aromatic N) is 2. The summed E-state index contributed by atoms with van der Waals surface area (Å²) >= 11 is 3.44. The number of anilines is 2. The van der Waals surface area contributed by atoms with Crippen molar-refractivity contribution in [1.82, 2.24) is 9.97 Å². The summed E-state index contributed by atoms with van der Waals surface area (Å²) in [5.41, 5.74) is 2.11. The van der Waals surface area contributed by atoms with Crippen molar-refractivity contribution < 1.29 is 4.79 Å². The lowest BCUT2D eigenvalue weighted by molar-refractivity contribution is 0.102. The number of aromatic nitrogens is 2. The number of carbonyl (C=O) groups is 1. The molecular formula is C16H19BrN4O. The minimum absolute atomic E-state index is 0.279. The number of aryl methyl sites for hydroxylation is 1. The van der Waals surface area contributed by atoms with E-state index in [1.165, 1.54) is 6.20 Å². The van der Waals surface area contributed by atoms with Crippen molar-refractivity contribution in [3.63, 3.8) is 0 Å². The number of halogens is 1. The summed E-state index contributed by atoms with van der Waals surface area (Å²) in [5, 5.41) is 6.02. The number of hydrogen-bond acceptors (Lipinski definition) is 4. The molecule has 1 atom stereocenters. The smallest absolute Gasteiger partial charge is 0.275 e. The molecule has 116 valence electrons. The van der Waals surface area contributed by atoms with Crippen molar-refractivity contribution in [2.75, 3.05) is 10.6 Å². The van der Waals surface area contributed by atoms with Gasteiger partial charge in [-0.15, -0.1) is 0 Å². The molecule has 2 rings (SSSR count). The van der Waals surface area contributed by atoms with E-state index in [0.717, 1.165) is 16.5 Å². The lowest BCUT2D eigenvalue weighted by atomic mass is 10.2. The Kier molecular flexibility index (Phi) is 5.49. The molecule has 0 aliphatic rings. The zero-order chi connectivity index (χ0) is 16.1. The number of amides is 1. The van der Waals surface area contributed by atoms with Crippen LogP contribution >= 0.6 is 15.9 Å². The normalized spacial score (nSPS) is 11.8. The third-order valence-electron chi connectivity index (χ3n) is 3.32. The fourth-order valence-corrected chi connectivity index (χ4v) is 2.12. The maximum Gasteiger partial charge on any atom is 0.275 e. The molecule has 2 N–H and O–H groups in total. The number of carbonyl (C=O) groups excluding carboxylic acids is 1. The van der Waals surface area contributed by atoms with E-state index in [2.05, 4.69) is 50.4 Å². The maximum atomic E-state index is 12.2. The van der Waals surface area contributed by atoms with Crippen LogP contribution in [0.5, 0.6) is 0 Å². The van der Waals surface area contributed by atoms with Crippen LogP contribution in [0.3, 0.4) is 0 Å². The van der Waals surface area contributed by atoms with E-state index in [0.29, 0.717) is 17.5 Å². The first-order chi connectivity index (χ1) is 10.5. The third-order valence-corrected chi connectivity index (χ3v) is 4.18. The summed E-state index contributed by atoms with van der Waals surface area (Å²) in [6, 6.07) is 5.97. The van der Waals surface area contributed by atoms with E-state index in [1.807, 2.05) is 25.1 Å². The average molecular weight is 363 g/mol. The van der Waals surface area contributed by atoms with Gasteiger partial charge in [0.2, 0.25) is 0 Å². The lowest BCUT2D eigenvalue weighted by Gasteiger charge is -2.11. The number of rotatable bonds is 5. The van der Waals surface area contributed by atoms with Gasteiger partial charge in [0.25, 0.3) is 5.91 Å². The van der Waals surface area contributed by atoms with Crippen molar-refractivity contribution in [2.24, 2.45) is 0 Å². The predicted octanol–water partition coefficient (Wildman–Crippen LogP) is 4.01. The van der Waals surface area contributed by atoms with E-state index in [1.54, 1.807) is 6.20 Å². The third kappa shape index (κ3) is 4.27. The number of hydrogen-bond donors (Lipinski definition) is 2. The van der Waals surface area contributed by atoms with Gasteiger partial charge in [-0.25, -0.2) is 9.97 Å². The minimum Gasteiger partial charge on any atom is -0.366 e. The van der Waals surface area contributed by atoms with Gasteiger partial charge in [0.1, 0.15) is 11.5 Å². The zero-order valence-corrected chi connectivity index (χ0v) is 14.4. The quantitative estimate of drug-likeness (QED) is 0.842. The van der Waals surface area contributed by atoms with E-state index in [-0.39, 0.29) is 11.6 Å². The Morgan fingerprint density at radius 2 is 2.09 bits per heavy atom. The molecule has 1 heterocycles. The average Bonchev–Trinajstić information content (AvgIpc) is 2.51. The second kappa shape index (κ2) is 7.35. The molecule has 1 unspecified atom stereocenters. The molecular weight excluding hydrogens is 344 g/mol. The zero-order valence-electron chi connectivity index (χ0n) is 12.9. The summed E-state index contributed by atoms with van der Waals surface area (Å²) in [6.45, 7) is 6.15. The highest BCUT2D eigenvalue weighted by molar-refractivity contribution is 9.10. The van der Waals surface area contributed by atoms with Crippen molar-refractivity contribution in [1.29, 1.82) is 0 Å². The molecule has 5 nitrogen and oxygen atoms in total. The van der Waals surface area contributed by atoms with E-state index < -0.39 is 0 Å². The summed E-state index contributed by atoms with van der Waals surface area (Å²) < 4.78 is 0.949. The van der Waals surface area contributed by atoms with E-state index in [4.69, 9.17) is 0 Å². The van der Waals surface area contributed by atoms with Gasteiger partial charge in [0.05, 0.1) is 12.4 Å². The van der Waals surface area contributed by atoms with Crippen molar-refractivity contribution in [3.05, 3.63) is 46.3 Å². The topological polar surface area (TPSA) is 66.9 Å². The van der Waals surface area contributed by atoms with Gasteiger partial charge in [0.15, 0.2) is 0 Å². The molecule has 0 aliphatic heterocycles. The van der Waals surface area contributed by atoms with Crippen LogP contribution in [0.1, 0.15) is 36.3 Å². The minimum atomic E-state index is -0.279. The molecule has 0 saturated carbocycles. The van der Waals surface area contributed by atoms with Crippen LogP contribution in [0, 0.1) is 6.92 Å². The molecule has 6 heteroatoms. The summed E-state index contributed by atoms with van der Waals surface area (Å²) in [4.78, 5) is 20.5. The Balaban J connectivity index is 2.04. The van der Waals surface area contributed by atoms with E-state index >= 15 is 0 Å². The fraction of sp³-hybridized carbons (Fsp3) is 0.312. The van der Waals surface area contributed by atoms with Gasteiger partial charge >= 0.3 is 0 Å². The van der Waals surface area contributed by atoms with Crippen molar-refractivity contribution in [3.8, 4) is 0 Å². The molecule has 0 fully saturated rings. The van der Waals surface area contributed by atoms with Crippen LogP contribution < -0.4 is 10.6 Å². The first-order valence-electron chi connectivity index (χ1n) is 7.15. The molecule has 0 aliphatic carbocycles. The highest BCUT2D eigenvalue weighted by Gasteiger charge is 2.10. The van der Waals surface area contributed by atoms with Crippen LogP contribution in [0.2, 0.25) is 0 Å². The molecule has 0 radical (unpaired) electrons. The Bertz CT molecular complexity index is 658. The monoisotopic (exact) mass is 362 g/mol. The van der Waals surface area contributed by atoms with Crippen LogP contribution in [0.4, 0.5) is 11.5 Å². The highest BCUT2D eigenvalue weighted by atomic mass is 79.9. The lowest BCUT2D eigenvalue weighted by Crippen LogP contribution is -2.17. The molecule has 0 bridgehead atoms. The van der Waals surface area contributed by atoms with Crippen molar-refractivity contribution in [2.45, 2.75) is 33.2 Å². The second-order valence-corrected chi connectivity index (χ2v) is 6.01. The Morgan fingerprint density at radius 1 is 1.32 bits per heavy atom. The Morgan fingerprint density at radius 3 is 2.68 bits per heavy atom. The van der Waals surface area contributed by atoms with Crippen LogP contribution in [-0.4, -0.2) is 21.9 Å². The van der Waals surface area contributed by atoms with E-state index in [9.17, 15) is 4.79 Å². The summed E-state index contributed by atoms with van der Waals surface area (Å²) in [5.74, 6) is 0.391. The number of nitrogens with one attached hydrogen (secondary N) is 2. The summed E-state index contributed by atoms with van der Waals surface area (Å²) in [7, 11) is 0. The van der Waals surface area contributed by atoms with Crippen LogP contribution in [0.15, 0.2) is 35.1 Å². The molecule has 22 heavy (non-hydrogen) atoms. The first-order valence-corrected chi connectivity index (χ1v) is 7.95. The molecule has 0 saturated heterocycles. The first kappa shape index (κ1) is 16.4. The maximum absolute atomic E-state index is 12.2. The fourth-order valence-electron chi connectivity index (χ4n) is 1.74. The molecule has 2 aromatic rings. The molecule has 1 amide bonds. The molecule has 1 aromatic carbocycles. The standard InChI is InChI=1S/C16H19BrN4O/c1-4-11(3)20-15-9-18-14(8-19-15)16(22)21-12-6-5-10(2)13(17)7-12/h5-9,11H,4H2,1-3H3,(H,19,20)(H,21,22). The molecule has 1 aromatic heterocycles. The summed E-state index contributed by atoms with van der Waals surface area (Å²) in [6.07, 6.45) is 4.04. The van der Waals surface area contributed by atoms with Gasteiger partial charge in [-0.05, 0) is 38.0 Å². The predicted molar refractivity (Wildman–Crippen MR) is 92.2 cm³/mol. The largest absolute Gasteiger partial charge is 0.366 e. The highest BCUT2D eigenvalue weighted by Crippen LogP contribution is 2.21. The van der Waals surface area contributed by atoms with Gasteiger partial charge in [0, 0.05) is 16.2 Å². The van der Waals surface area contributed by atoms with Gasteiger partial charge in [-0.3, -0.25) is 4.79 Å². The van der Waals surface area contributed by atoms with Crippen LogP contribution in [-0.2, 0) is 0 Å². The Labute approximate surface area is 138 Å².